The number of amides is 2. The Labute approximate surface area is 198 Å². The van der Waals surface area contributed by atoms with Gasteiger partial charge >= 0.3 is 6.03 Å². The molecule has 2 aliphatic carbocycles. The van der Waals surface area contributed by atoms with Crippen LogP contribution in [0, 0.1) is 0 Å². The number of hydrogen-bond donors (Lipinski definition) is 2. The quantitative estimate of drug-likeness (QED) is 0.629. The van der Waals surface area contributed by atoms with Crippen molar-refractivity contribution in [3.63, 3.8) is 0 Å². The molecule has 0 aromatic heterocycles. The number of carbonyl (C=O) groups is 1. The van der Waals surface area contributed by atoms with E-state index >= 15 is 0 Å². The first-order valence-electron chi connectivity index (χ1n) is 13.2. The zero-order chi connectivity index (χ0) is 22.5. The summed E-state index contributed by atoms with van der Waals surface area (Å²) < 4.78 is 6.20. The first kappa shape index (κ1) is 22.9. The van der Waals surface area contributed by atoms with E-state index in [1.807, 2.05) is 24.3 Å². The van der Waals surface area contributed by atoms with Crippen LogP contribution in [0.15, 0.2) is 24.3 Å². The maximum Gasteiger partial charge on any atom is 0.319 e. The van der Waals surface area contributed by atoms with E-state index in [9.17, 15) is 4.79 Å². The first-order chi connectivity index (χ1) is 16.2. The summed E-state index contributed by atoms with van der Waals surface area (Å²) in [5.41, 5.74) is 0.800. The molecule has 2 saturated heterocycles. The molecule has 2 heterocycles. The van der Waals surface area contributed by atoms with Crippen molar-refractivity contribution in [1.29, 1.82) is 0 Å². The number of piperidine rings is 1. The summed E-state index contributed by atoms with van der Waals surface area (Å²) in [6.07, 6.45) is 10.8. The molecule has 2 saturated carbocycles. The third-order valence-corrected chi connectivity index (χ3v) is 8.19. The van der Waals surface area contributed by atoms with E-state index in [-0.39, 0.29) is 6.03 Å². The predicted octanol–water partition coefficient (Wildman–Crippen LogP) is 3.37. The SMILES string of the molecule is O=C(NCCN1CCN(C2CCC2)CC1)Nc1ccc(OC2CCN(C3CCC3)CC2)cc1. The van der Waals surface area contributed by atoms with Gasteiger partial charge in [0, 0.05) is 70.1 Å². The minimum Gasteiger partial charge on any atom is -0.490 e. The maximum atomic E-state index is 12.3. The van der Waals surface area contributed by atoms with Gasteiger partial charge in [-0.05, 0) is 62.8 Å². The summed E-state index contributed by atoms with van der Waals surface area (Å²) in [5, 5.41) is 5.94. The molecular formula is C26H41N5O2. The molecule has 33 heavy (non-hydrogen) atoms. The Balaban J connectivity index is 0.958. The van der Waals surface area contributed by atoms with Crippen molar-refractivity contribution in [3.05, 3.63) is 24.3 Å². The summed E-state index contributed by atoms with van der Waals surface area (Å²) >= 11 is 0. The largest absolute Gasteiger partial charge is 0.490 e. The highest BCUT2D eigenvalue weighted by atomic mass is 16.5. The second kappa shape index (κ2) is 11.1. The number of benzene rings is 1. The Kier molecular flexibility index (Phi) is 7.69. The molecule has 0 bridgehead atoms. The molecule has 2 aliphatic heterocycles. The fourth-order valence-corrected chi connectivity index (χ4v) is 5.53. The molecule has 7 nitrogen and oxygen atoms in total. The topological polar surface area (TPSA) is 60.1 Å². The molecule has 0 spiro atoms. The minimum atomic E-state index is -0.139. The molecular weight excluding hydrogens is 414 g/mol. The highest BCUT2D eigenvalue weighted by Crippen LogP contribution is 2.29. The van der Waals surface area contributed by atoms with Gasteiger partial charge in [-0.25, -0.2) is 4.79 Å². The summed E-state index contributed by atoms with van der Waals surface area (Å²) in [5.74, 6) is 0.893. The van der Waals surface area contributed by atoms with Crippen molar-refractivity contribution in [1.82, 2.24) is 20.0 Å². The molecule has 0 unspecified atom stereocenters. The molecule has 7 heteroatoms. The number of rotatable bonds is 8. The van der Waals surface area contributed by atoms with Crippen LogP contribution in [0.25, 0.3) is 0 Å². The Morgan fingerprint density at radius 3 is 2.00 bits per heavy atom. The van der Waals surface area contributed by atoms with E-state index in [1.165, 1.54) is 51.6 Å². The Bertz CT molecular complexity index is 748. The lowest BCUT2D eigenvalue weighted by Gasteiger charge is -2.43. The van der Waals surface area contributed by atoms with Crippen molar-refractivity contribution >= 4 is 11.7 Å². The van der Waals surface area contributed by atoms with Crippen molar-refractivity contribution < 1.29 is 9.53 Å². The summed E-state index contributed by atoms with van der Waals surface area (Å²) in [7, 11) is 0. The minimum absolute atomic E-state index is 0.139. The van der Waals surface area contributed by atoms with Crippen molar-refractivity contribution in [3.8, 4) is 5.75 Å². The van der Waals surface area contributed by atoms with Crippen LogP contribution >= 0.6 is 0 Å². The number of hydrogen-bond acceptors (Lipinski definition) is 5. The molecule has 4 fully saturated rings. The number of piperazine rings is 1. The van der Waals surface area contributed by atoms with Crippen molar-refractivity contribution in [2.75, 3.05) is 57.7 Å². The van der Waals surface area contributed by atoms with Crippen molar-refractivity contribution in [2.24, 2.45) is 0 Å². The lowest BCUT2D eigenvalue weighted by Crippen LogP contribution is -2.53. The molecule has 182 valence electrons. The van der Waals surface area contributed by atoms with Crippen LogP contribution in [-0.4, -0.2) is 91.3 Å². The number of ether oxygens (including phenoxy) is 1. The van der Waals surface area contributed by atoms with Crippen LogP contribution in [0.5, 0.6) is 5.75 Å². The van der Waals surface area contributed by atoms with Crippen LogP contribution in [0.4, 0.5) is 10.5 Å². The lowest BCUT2D eigenvalue weighted by molar-refractivity contribution is 0.0493. The van der Waals surface area contributed by atoms with Crippen LogP contribution in [-0.2, 0) is 0 Å². The predicted molar refractivity (Wildman–Crippen MR) is 132 cm³/mol. The van der Waals surface area contributed by atoms with E-state index in [0.717, 1.165) is 69.1 Å². The van der Waals surface area contributed by atoms with E-state index in [2.05, 4.69) is 25.3 Å². The molecule has 0 atom stereocenters. The molecule has 5 rings (SSSR count). The highest BCUT2D eigenvalue weighted by molar-refractivity contribution is 5.89. The van der Waals surface area contributed by atoms with Gasteiger partial charge in [-0.15, -0.1) is 0 Å². The smallest absolute Gasteiger partial charge is 0.319 e. The second-order valence-electron chi connectivity index (χ2n) is 10.3. The Morgan fingerprint density at radius 2 is 1.42 bits per heavy atom. The average Bonchev–Trinajstić information content (AvgIpc) is 2.75. The van der Waals surface area contributed by atoms with E-state index in [0.29, 0.717) is 12.6 Å². The molecule has 1 aromatic carbocycles. The number of nitrogens with one attached hydrogen (secondary N) is 2. The van der Waals surface area contributed by atoms with Gasteiger partial charge in [0.15, 0.2) is 0 Å². The van der Waals surface area contributed by atoms with Gasteiger partial charge in [-0.3, -0.25) is 9.80 Å². The van der Waals surface area contributed by atoms with Crippen LogP contribution < -0.4 is 15.4 Å². The van der Waals surface area contributed by atoms with Gasteiger partial charge in [-0.1, -0.05) is 12.8 Å². The van der Waals surface area contributed by atoms with E-state index < -0.39 is 0 Å². The standard InChI is InChI=1S/C26H41N5O2/c32-26(27-13-16-29-17-19-31(20-18-29)23-5-2-6-23)28-21-7-9-24(10-8-21)33-25-11-14-30(15-12-25)22-3-1-4-22/h7-10,22-23,25H,1-6,11-20H2,(H2,27,28,32). The van der Waals surface area contributed by atoms with E-state index in [1.54, 1.807) is 0 Å². The number of anilines is 1. The summed E-state index contributed by atoms with van der Waals surface area (Å²) in [4.78, 5) is 20.0. The van der Waals surface area contributed by atoms with Crippen LogP contribution in [0.2, 0.25) is 0 Å². The number of urea groups is 1. The van der Waals surface area contributed by atoms with Gasteiger partial charge in [-0.2, -0.15) is 0 Å². The Morgan fingerprint density at radius 1 is 0.818 bits per heavy atom. The highest BCUT2D eigenvalue weighted by Gasteiger charge is 2.29. The second-order valence-corrected chi connectivity index (χ2v) is 10.3. The molecule has 4 aliphatic rings. The molecule has 0 radical (unpaired) electrons. The zero-order valence-corrected chi connectivity index (χ0v) is 20.0. The zero-order valence-electron chi connectivity index (χ0n) is 20.0. The average molecular weight is 456 g/mol. The van der Waals surface area contributed by atoms with Crippen molar-refractivity contribution in [2.45, 2.75) is 69.6 Å². The summed E-state index contributed by atoms with van der Waals surface area (Å²) in [6.45, 7) is 8.47. The normalized spacial score (nSPS) is 24.1. The van der Waals surface area contributed by atoms with Gasteiger partial charge < -0.3 is 20.3 Å². The third kappa shape index (κ3) is 6.19. The fraction of sp³-hybridized carbons (Fsp3) is 0.731. The number of carbonyl (C=O) groups excluding carboxylic acids is 1. The van der Waals surface area contributed by atoms with Crippen LogP contribution in [0.1, 0.15) is 51.4 Å². The molecule has 2 N–H and O–H groups in total. The molecule has 2 amide bonds. The van der Waals surface area contributed by atoms with Gasteiger partial charge in [0.1, 0.15) is 11.9 Å². The lowest BCUT2D eigenvalue weighted by atomic mass is 9.90. The van der Waals surface area contributed by atoms with Gasteiger partial charge in [0.05, 0.1) is 0 Å². The maximum absolute atomic E-state index is 12.3. The Hall–Kier alpha value is -1.83. The third-order valence-electron chi connectivity index (χ3n) is 8.19. The number of nitrogens with zero attached hydrogens (tertiary/aromatic N) is 3. The van der Waals surface area contributed by atoms with Gasteiger partial charge in [0.25, 0.3) is 0 Å². The van der Waals surface area contributed by atoms with Crippen LogP contribution in [0.3, 0.4) is 0 Å². The first-order valence-corrected chi connectivity index (χ1v) is 13.2. The monoisotopic (exact) mass is 455 g/mol. The molecule has 1 aromatic rings. The number of likely N-dealkylation sites (tertiary alicyclic amines) is 1. The summed E-state index contributed by atoms with van der Waals surface area (Å²) in [6, 6.07) is 9.34. The fourth-order valence-electron chi connectivity index (χ4n) is 5.53. The van der Waals surface area contributed by atoms with Gasteiger partial charge in [0.2, 0.25) is 0 Å². The van der Waals surface area contributed by atoms with E-state index in [4.69, 9.17) is 4.74 Å².